The summed E-state index contributed by atoms with van der Waals surface area (Å²) in [5.74, 6) is 0.170. The lowest BCUT2D eigenvalue weighted by atomic mass is 10.3. The molecule has 0 radical (unpaired) electrons. The van der Waals surface area contributed by atoms with Gasteiger partial charge in [0.05, 0.1) is 23.7 Å². The van der Waals surface area contributed by atoms with Crippen molar-refractivity contribution in [3.8, 4) is 0 Å². The van der Waals surface area contributed by atoms with Crippen molar-refractivity contribution in [2.45, 2.75) is 31.9 Å². The Hall–Kier alpha value is -0.390. The van der Waals surface area contributed by atoms with Crippen molar-refractivity contribution in [2.24, 2.45) is 0 Å². The number of rotatable bonds is 9. The maximum absolute atomic E-state index is 11.7. The Kier molecular flexibility index (Phi) is 7.66. The highest BCUT2D eigenvalue weighted by molar-refractivity contribution is 7.92. The highest BCUT2D eigenvalue weighted by Gasteiger charge is 2.27. The summed E-state index contributed by atoms with van der Waals surface area (Å²) in [6.07, 6.45) is 2.65. The zero-order valence-electron chi connectivity index (χ0n) is 11.2. The van der Waals surface area contributed by atoms with Crippen LogP contribution in [-0.4, -0.2) is 45.2 Å². The molecule has 0 aliphatic heterocycles. The predicted octanol–water partition coefficient (Wildman–Crippen LogP) is 1.38. The van der Waals surface area contributed by atoms with Crippen molar-refractivity contribution in [2.75, 3.05) is 32.1 Å². The summed E-state index contributed by atoms with van der Waals surface area (Å²) in [5, 5.41) is 3.06. The first kappa shape index (κ1) is 16.6. The lowest BCUT2D eigenvalue weighted by Gasteiger charge is -2.19. The van der Waals surface area contributed by atoms with E-state index in [9.17, 15) is 8.42 Å². The second-order valence-electron chi connectivity index (χ2n) is 4.87. The summed E-state index contributed by atoms with van der Waals surface area (Å²) in [5.41, 5.74) is 0. The molecule has 4 nitrogen and oxygen atoms in total. The molecule has 0 heterocycles. The number of sulfone groups is 1. The van der Waals surface area contributed by atoms with Gasteiger partial charge in [-0.2, -0.15) is 0 Å². The Morgan fingerprint density at radius 3 is 2.41 bits per heavy atom. The summed E-state index contributed by atoms with van der Waals surface area (Å²) >= 11 is 0. The summed E-state index contributed by atoms with van der Waals surface area (Å²) < 4.78 is 28.1. The average Bonchev–Trinajstić information content (AvgIpc) is 2.20. The van der Waals surface area contributed by atoms with Crippen LogP contribution in [0, 0.1) is 0 Å². The maximum Gasteiger partial charge on any atom is 0.156 e. The van der Waals surface area contributed by atoms with E-state index in [1.165, 1.54) is 0 Å². The molecule has 0 saturated heterocycles. The van der Waals surface area contributed by atoms with Crippen LogP contribution in [0.25, 0.3) is 0 Å². The fourth-order valence-electron chi connectivity index (χ4n) is 1.05. The fraction of sp³-hybridized carbons (Fsp3) is 0.833. The van der Waals surface area contributed by atoms with Gasteiger partial charge in [-0.1, -0.05) is 6.08 Å². The standard InChI is InChI=1S/C12H25NO3S/c1-5-6-9-16-10-7-13-8-11-17(14,15)12(2,3)4/h5,13H,1,6-11H2,2-4H3. The summed E-state index contributed by atoms with van der Waals surface area (Å²) in [4.78, 5) is 0. The van der Waals surface area contributed by atoms with Gasteiger partial charge in [0, 0.05) is 13.1 Å². The van der Waals surface area contributed by atoms with Crippen LogP contribution in [0.15, 0.2) is 12.7 Å². The van der Waals surface area contributed by atoms with Crippen molar-refractivity contribution in [1.29, 1.82) is 0 Å². The van der Waals surface area contributed by atoms with Crippen LogP contribution in [0.3, 0.4) is 0 Å². The number of ether oxygens (including phenoxy) is 1. The van der Waals surface area contributed by atoms with Gasteiger partial charge in [0.15, 0.2) is 9.84 Å². The van der Waals surface area contributed by atoms with Crippen molar-refractivity contribution in [1.82, 2.24) is 5.32 Å². The van der Waals surface area contributed by atoms with E-state index in [2.05, 4.69) is 11.9 Å². The molecule has 0 aliphatic rings. The van der Waals surface area contributed by atoms with Gasteiger partial charge in [0.25, 0.3) is 0 Å². The molecule has 0 rings (SSSR count). The molecule has 102 valence electrons. The van der Waals surface area contributed by atoms with E-state index in [-0.39, 0.29) is 5.75 Å². The first-order chi connectivity index (χ1) is 7.81. The molecule has 0 amide bonds. The minimum atomic E-state index is -3.02. The van der Waals surface area contributed by atoms with Crippen LogP contribution in [0.2, 0.25) is 0 Å². The molecule has 0 unspecified atom stereocenters. The maximum atomic E-state index is 11.7. The molecule has 1 N–H and O–H groups in total. The number of hydrogen-bond acceptors (Lipinski definition) is 4. The second kappa shape index (κ2) is 7.84. The number of hydrogen-bond donors (Lipinski definition) is 1. The molecule has 0 bridgehead atoms. The molecule has 17 heavy (non-hydrogen) atoms. The van der Waals surface area contributed by atoms with Gasteiger partial charge in [0.1, 0.15) is 0 Å². The fourth-order valence-corrected chi connectivity index (χ4v) is 2.08. The third kappa shape index (κ3) is 7.52. The van der Waals surface area contributed by atoms with Crippen LogP contribution in [0.4, 0.5) is 0 Å². The quantitative estimate of drug-likeness (QED) is 0.504. The summed E-state index contributed by atoms with van der Waals surface area (Å²) in [7, 11) is -3.02. The predicted molar refractivity (Wildman–Crippen MR) is 72.0 cm³/mol. The van der Waals surface area contributed by atoms with Gasteiger partial charge in [-0.25, -0.2) is 8.42 Å². The smallest absolute Gasteiger partial charge is 0.156 e. The Balaban J connectivity index is 3.56. The molecule has 0 spiro atoms. The van der Waals surface area contributed by atoms with E-state index in [1.807, 2.05) is 6.08 Å². The topological polar surface area (TPSA) is 55.4 Å². The lowest BCUT2D eigenvalue weighted by Crippen LogP contribution is -2.35. The van der Waals surface area contributed by atoms with Crippen molar-refractivity contribution < 1.29 is 13.2 Å². The Bertz CT molecular complexity index is 304. The van der Waals surface area contributed by atoms with Gasteiger partial charge in [-0.05, 0) is 27.2 Å². The van der Waals surface area contributed by atoms with Gasteiger partial charge < -0.3 is 10.1 Å². The highest BCUT2D eigenvalue weighted by Crippen LogP contribution is 2.14. The monoisotopic (exact) mass is 263 g/mol. The Morgan fingerprint density at radius 1 is 1.24 bits per heavy atom. The molecule has 0 atom stereocenters. The van der Waals surface area contributed by atoms with E-state index < -0.39 is 14.6 Å². The normalized spacial score (nSPS) is 12.6. The van der Waals surface area contributed by atoms with E-state index in [4.69, 9.17) is 4.74 Å². The van der Waals surface area contributed by atoms with Crippen LogP contribution in [0.5, 0.6) is 0 Å². The van der Waals surface area contributed by atoms with Gasteiger partial charge >= 0.3 is 0 Å². The van der Waals surface area contributed by atoms with E-state index >= 15 is 0 Å². The first-order valence-corrected chi connectivity index (χ1v) is 7.58. The number of nitrogens with one attached hydrogen (secondary N) is 1. The first-order valence-electron chi connectivity index (χ1n) is 5.93. The zero-order chi connectivity index (χ0) is 13.4. The van der Waals surface area contributed by atoms with Crippen molar-refractivity contribution >= 4 is 9.84 Å². The average molecular weight is 263 g/mol. The Morgan fingerprint density at radius 2 is 1.88 bits per heavy atom. The zero-order valence-corrected chi connectivity index (χ0v) is 12.0. The van der Waals surface area contributed by atoms with E-state index in [0.29, 0.717) is 26.3 Å². The molecule has 0 aliphatic carbocycles. The molecule has 5 heteroatoms. The molecular weight excluding hydrogens is 238 g/mol. The Labute approximate surface area is 105 Å². The molecular formula is C12H25NO3S. The lowest BCUT2D eigenvalue weighted by molar-refractivity contribution is 0.141. The largest absolute Gasteiger partial charge is 0.380 e. The second-order valence-corrected chi connectivity index (χ2v) is 7.73. The molecule has 0 aromatic carbocycles. The van der Waals surface area contributed by atoms with Crippen LogP contribution in [-0.2, 0) is 14.6 Å². The molecule has 0 aromatic rings. The SMILES string of the molecule is C=CCCOCCNCCS(=O)(=O)C(C)(C)C. The van der Waals surface area contributed by atoms with Gasteiger partial charge in [-0.15, -0.1) is 6.58 Å². The van der Waals surface area contributed by atoms with Crippen molar-refractivity contribution in [3.05, 3.63) is 12.7 Å². The van der Waals surface area contributed by atoms with Crippen LogP contribution < -0.4 is 5.32 Å². The molecule has 0 aromatic heterocycles. The minimum absolute atomic E-state index is 0.170. The third-order valence-corrected chi connectivity index (χ3v) is 4.98. The van der Waals surface area contributed by atoms with Crippen LogP contribution >= 0.6 is 0 Å². The van der Waals surface area contributed by atoms with E-state index in [1.54, 1.807) is 20.8 Å². The van der Waals surface area contributed by atoms with Gasteiger partial charge in [0.2, 0.25) is 0 Å². The van der Waals surface area contributed by atoms with Gasteiger partial charge in [-0.3, -0.25) is 0 Å². The van der Waals surface area contributed by atoms with Crippen LogP contribution in [0.1, 0.15) is 27.2 Å². The summed E-state index contributed by atoms with van der Waals surface area (Å²) in [6, 6.07) is 0. The highest BCUT2D eigenvalue weighted by atomic mass is 32.2. The summed E-state index contributed by atoms with van der Waals surface area (Å²) in [6.45, 7) is 11.2. The minimum Gasteiger partial charge on any atom is -0.380 e. The third-order valence-electron chi connectivity index (χ3n) is 2.37. The van der Waals surface area contributed by atoms with Crippen molar-refractivity contribution in [3.63, 3.8) is 0 Å². The molecule has 0 saturated carbocycles. The van der Waals surface area contributed by atoms with E-state index in [0.717, 1.165) is 6.42 Å². The molecule has 0 fully saturated rings.